The van der Waals surface area contributed by atoms with Crippen molar-refractivity contribution in [1.29, 1.82) is 0 Å². The fourth-order valence-electron chi connectivity index (χ4n) is 2.37. The lowest BCUT2D eigenvalue weighted by Crippen LogP contribution is -2.40. The van der Waals surface area contributed by atoms with Gasteiger partial charge in [-0.25, -0.2) is 0 Å². The molecule has 2 rings (SSSR count). The second-order valence-corrected chi connectivity index (χ2v) is 7.13. The third-order valence-corrected chi connectivity index (χ3v) is 4.60. The summed E-state index contributed by atoms with van der Waals surface area (Å²) >= 11 is 12.0. The molecule has 8 heteroatoms. The van der Waals surface area contributed by atoms with Crippen LogP contribution >= 0.6 is 23.2 Å². The predicted octanol–water partition coefficient (Wildman–Crippen LogP) is 3.85. The molecule has 2 atom stereocenters. The van der Waals surface area contributed by atoms with Crippen LogP contribution in [0.1, 0.15) is 20.3 Å². The maximum Gasteiger partial charge on any atom is 0.260 e. The molecule has 2 N–H and O–H groups in total. The number of para-hydroxylation sites is 2. The van der Waals surface area contributed by atoms with Gasteiger partial charge in [-0.15, -0.1) is 0 Å². The first-order chi connectivity index (χ1) is 13.9. The molecule has 0 spiro atoms. The smallest absolute Gasteiger partial charge is 0.260 e. The fraction of sp³-hybridized carbons (Fsp3) is 0.333. The minimum atomic E-state index is -0.687. The van der Waals surface area contributed by atoms with Crippen molar-refractivity contribution in [3.8, 4) is 11.5 Å². The Morgan fingerprint density at radius 2 is 1.17 bits per heavy atom. The Kier molecular flexibility index (Phi) is 9.09. The van der Waals surface area contributed by atoms with Gasteiger partial charge < -0.3 is 20.1 Å². The number of ether oxygens (including phenoxy) is 2. The summed E-state index contributed by atoms with van der Waals surface area (Å²) in [6, 6.07) is 13.9. The van der Waals surface area contributed by atoms with E-state index in [1.54, 1.807) is 62.4 Å². The van der Waals surface area contributed by atoms with Crippen LogP contribution in [0.2, 0.25) is 10.0 Å². The van der Waals surface area contributed by atoms with E-state index in [-0.39, 0.29) is 11.8 Å². The number of hydrogen-bond donors (Lipinski definition) is 2. The Hall–Kier alpha value is -2.44. The molecule has 0 aliphatic rings. The van der Waals surface area contributed by atoms with E-state index in [9.17, 15) is 9.59 Å². The zero-order valence-electron chi connectivity index (χ0n) is 16.3. The minimum Gasteiger partial charge on any atom is -0.479 e. The van der Waals surface area contributed by atoms with Crippen LogP contribution in [-0.4, -0.2) is 37.1 Å². The van der Waals surface area contributed by atoms with Gasteiger partial charge in [-0.05, 0) is 44.5 Å². The predicted molar refractivity (Wildman–Crippen MR) is 114 cm³/mol. The van der Waals surface area contributed by atoms with Crippen molar-refractivity contribution in [3.05, 3.63) is 58.6 Å². The van der Waals surface area contributed by atoms with Crippen LogP contribution in [0.5, 0.6) is 11.5 Å². The zero-order valence-corrected chi connectivity index (χ0v) is 17.8. The van der Waals surface area contributed by atoms with Crippen molar-refractivity contribution >= 4 is 35.0 Å². The van der Waals surface area contributed by atoms with Gasteiger partial charge in [0.15, 0.2) is 12.2 Å². The minimum absolute atomic E-state index is 0.258. The second kappa shape index (κ2) is 11.5. The molecule has 0 fully saturated rings. The molecule has 6 nitrogen and oxygen atoms in total. The molecule has 0 bridgehead atoms. The Balaban J connectivity index is 1.64. The van der Waals surface area contributed by atoms with Crippen LogP contribution in [0.25, 0.3) is 0 Å². The molecule has 0 radical (unpaired) electrons. The van der Waals surface area contributed by atoms with Gasteiger partial charge in [-0.3, -0.25) is 9.59 Å². The molecular formula is C21H24Cl2N2O4. The summed E-state index contributed by atoms with van der Waals surface area (Å²) in [5.41, 5.74) is 0. The van der Waals surface area contributed by atoms with E-state index in [1.165, 1.54) is 0 Å². The summed E-state index contributed by atoms with van der Waals surface area (Å²) in [4.78, 5) is 24.2. The number of rotatable bonds is 10. The van der Waals surface area contributed by atoms with Crippen molar-refractivity contribution in [2.75, 3.05) is 13.1 Å². The summed E-state index contributed by atoms with van der Waals surface area (Å²) in [5, 5.41) is 6.43. The van der Waals surface area contributed by atoms with Crippen LogP contribution < -0.4 is 20.1 Å². The lowest BCUT2D eigenvalue weighted by atomic mass is 10.3. The number of nitrogens with one attached hydrogen (secondary N) is 2. The first-order valence-corrected chi connectivity index (χ1v) is 10.0. The molecule has 0 saturated heterocycles. The summed E-state index contributed by atoms with van der Waals surface area (Å²) in [6.45, 7) is 4.09. The highest BCUT2D eigenvalue weighted by Crippen LogP contribution is 2.25. The highest BCUT2D eigenvalue weighted by Gasteiger charge is 2.17. The Labute approximate surface area is 180 Å². The number of halogens is 2. The van der Waals surface area contributed by atoms with Crippen LogP contribution in [0.15, 0.2) is 48.5 Å². The maximum absolute atomic E-state index is 12.1. The SMILES string of the molecule is CC(Oc1ccccc1Cl)C(=O)NCCCNC(=O)C(C)Oc1ccccc1Cl. The van der Waals surface area contributed by atoms with Crippen LogP contribution in [0.4, 0.5) is 0 Å². The lowest BCUT2D eigenvalue weighted by molar-refractivity contribution is -0.127. The van der Waals surface area contributed by atoms with E-state index < -0.39 is 12.2 Å². The molecule has 156 valence electrons. The van der Waals surface area contributed by atoms with Crippen LogP contribution in [0.3, 0.4) is 0 Å². The molecule has 0 saturated carbocycles. The normalized spacial score (nSPS) is 12.6. The number of carbonyl (C=O) groups excluding carboxylic acids is 2. The first-order valence-electron chi connectivity index (χ1n) is 9.26. The van der Waals surface area contributed by atoms with Gasteiger partial charge in [0.25, 0.3) is 11.8 Å². The lowest BCUT2D eigenvalue weighted by Gasteiger charge is -2.16. The van der Waals surface area contributed by atoms with Gasteiger partial charge in [0.1, 0.15) is 11.5 Å². The molecule has 2 aromatic carbocycles. The topological polar surface area (TPSA) is 76.7 Å². The first kappa shape index (κ1) is 22.8. The molecule has 0 aliphatic carbocycles. The van der Waals surface area contributed by atoms with Crippen molar-refractivity contribution in [3.63, 3.8) is 0 Å². The van der Waals surface area contributed by atoms with Crippen LogP contribution in [0, 0.1) is 0 Å². The van der Waals surface area contributed by atoms with Gasteiger partial charge >= 0.3 is 0 Å². The van der Waals surface area contributed by atoms with Crippen molar-refractivity contribution in [1.82, 2.24) is 10.6 Å². The number of benzene rings is 2. The van der Waals surface area contributed by atoms with E-state index in [0.29, 0.717) is 41.1 Å². The highest BCUT2D eigenvalue weighted by molar-refractivity contribution is 6.32. The monoisotopic (exact) mass is 438 g/mol. The molecule has 0 aromatic heterocycles. The van der Waals surface area contributed by atoms with E-state index in [1.807, 2.05) is 0 Å². The van der Waals surface area contributed by atoms with Gasteiger partial charge in [0, 0.05) is 13.1 Å². The Morgan fingerprint density at radius 3 is 1.55 bits per heavy atom. The molecular weight excluding hydrogens is 415 g/mol. The highest BCUT2D eigenvalue weighted by atomic mass is 35.5. The molecule has 29 heavy (non-hydrogen) atoms. The summed E-state index contributed by atoms with van der Waals surface area (Å²) < 4.78 is 11.1. The standard InChI is InChI=1S/C21H24Cl2N2O4/c1-14(28-18-10-5-3-8-16(18)22)20(26)24-12-7-13-25-21(27)15(2)29-19-11-6-4-9-17(19)23/h3-6,8-11,14-15H,7,12-13H2,1-2H3,(H,24,26)(H,25,27). The van der Waals surface area contributed by atoms with Crippen molar-refractivity contribution in [2.24, 2.45) is 0 Å². The van der Waals surface area contributed by atoms with E-state index >= 15 is 0 Å². The third-order valence-electron chi connectivity index (χ3n) is 3.97. The van der Waals surface area contributed by atoms with Gasteiger partial charge in [-0.1, -0.05) is 47.5 Å². The third kappa shape index (κ3) is 7.48. The van der Waals surface area contributed by atoms with E-state index in [2.05, 4.69) is 10.6 Å². The Bertz CT molecular complexity index is 764. The molecule has 0 heterocycles. The average molecular weight is 439 g/mol. The zero-order chi connectivity index (χ0) is 21.2. The molecule has 0 aliphatic heterocycles. The van der Waals surface area contributed by atoms with Crippen molar-refractivity contribution in [2.45, 2.75) is 32.5 Å². The summed E-state index contributed by atoms with van der Waals surface area (Å²) in [7, 11) is 0. The molecule has 2 amide bonds. The number of amides is 2. The quantitative estimate of drug-likeness (QED) is 0.552. The molecule has 2 aromatic rings. The van der Waals surface area contributed by atoms with Crippen LogP contribution in [-0.2, 0) is 9.59 Å². The fourth-order valence-corrected chi connectivity index (χ4v) is 2.73. The summed E-state index contributed by atoms with van der Waals surface area (Å²) in [6.07, 6.45) is -0.808. The van der Waals surface area contributed by atoms with Gasteiger partial charge in [0.2, 0.25) is 0 Å². The average Bonchev–Trinajstić information content (AvgIpc) is 2.70. The Morgan fingerprint density at radius 1 is 0.793 bits per heavy atom. The number of carbonyl (C=O) groups is 2. The van der Waals surface area contributed by atoms with E-state index in [4.69, 9.17) is 32.7 Å². The number of hydrogen-bond acceptors (Lipinski definition) is 4. The maximum atomic E-state index is 12.1. The largest absolute Gasteiger partial charge is 0.479 e. The summed E-state index contributed by atoms with van der Waals surface area (Å²) in [5.74, 6) is 0.395. The second-order valence-electron chi connectivity index (χ2n) is 6.32. The van der Waals surface area contributed by atoms with Gasteiger partial charge in [0.05, 0.1) is 10.0 Å². The van der Waals surface area contributed by atoms with Gasteiger partial charge in [-0.2, -0.15) is 0 Å². The van der Waals surface area contributed by atoms with E-state index in [0.717, 1.165) is 0 Å². The molecule has 2 unspecified atom stereocenters. The van der Waals surface area contributed by atoms with Crippen molar-refractivity contribution < 1.29 is 19.1 Å².